The average Bonchev–Trinajstić information content (AvgIpc) is 3.11. The van der Waals surface area contributed by atoms with Gasteiger partial charge in [0.15, 0.2) is 11.8 Å². The maximum Gasteiger partial charge on any atom is 0.194 e. The Bertz CT molecular complexity index is 709. The lowest BCUT2D eigenvalue weighted by Crippen LogP contribution is -2.46. The van der Waals surface area contributed by atoms with Crippen molar-refractivity contribution in [3.8, 4) is 17.1 Å². The maximum absolute atomic E-state index is 5.18. The zero-order chi connectivity index (χ0) is 17.6. The molecular weight excluding hydrogens is 316 g/mol. The highest BCUT2D eigenvalue weighted by Crippen LogP contribution is 2.19. The Morgan fingerprint density at radius 1 is 1.40 bits per heavy atom. The second-order valence-electron chi connectivity index (χ2n) is 6.43. The van der Waals surface area contributed by atoms with Crippen molar-refractivity contribution in [3.63, 3.8) is 0 Å². The number of H-pyrrole nitrogens is 1. The van der Waals surface area contributed by atoms with Gasteiger partial charge >= 0.3 is 0 Å². The van der Waals surface area contributed by atoms with Crippen LogP contribution in [0.5, 0.6) is 5.75 Å². The molecule has 0 amide bonds. The van der Waals surface area contributed by atoms with E-state index < -0.39 is 0 Å². The molecule has 2 N–H and O–H groups in total. The molecule has 2 aromatic rings. The molecule has 0 bridgehead atoms. The van der Waals surface area contributed by atoms with Crippen molar-refractivity contribution in [1.82, 2.24) is 25.4 Å². The number of nitrogens with one attached hydrogen (secondary N) is 2. The van der Waals surface area contributed by atoms with E-state index in [0.29, 0.717) is 18.3 Å². The molecule has 3 rings (SSSR count). The fraction of sp³-hybridized carbons (Fsp3) is 0.500. The van der Waals surface area contributed by atoms with Crippen molar-refractivity contribution < 1.29 is 4.74 Å². The summed E-state index contributed by atoms with van der Waals surface area (Å²) in [4.78, 5) is 11.3. The molecule has 1 atom stereocenters. The minimum absolute atomic E-state index is 0.570. The Balaban J connectivity index is 1.60. The van der Waals surface area contributed by atoms with Crippen LogP contribution in [0.25, 0.3) is 11.4 Å². The van der Waals surface area contributed by atoms with Gasteiger partial charge in [-0.2, -0.15) is 5.10 Å². The molecule has 7 nitrogen and oxygen atoms in total. The Hall–Kier alpha value is -2.57. The third kappa shape index (κ3) is 4.29. The number of aromatic nitrogens is 3. The average molecular weight is 342 g/mol. The summed E-state index contributed by atoms with van der Waals surface area (Å²) in [5, 5.41) is 10.7. The molecule has 0 aliphatic carbocycles. The van der Waals surface area contributed by atoms with Crippen LogP contribution < -0.4 is 10.1 Å². The number of rotatable bonds is 4. The molecule has 134 valence electrons. The molecule has 0 radical (unpaired) electrons. The molecule has 25 heavy (non-hydrogen) atoms. The van der Waals surface area contributed by atoms with Crippen molar-refractivity contribution in [3.05, 3.63) is 30.1 Å². The van der Waals surface area contributed by atoms with Gasteiger partial charge in [0.05, 0.1) is 13.7 Å². The highest BCUT2D eigenvalue weighted by molar-refractivity contribution is 5.79. The van der Waals surface area contributed by atoms with Crippen molar-refractivity contribution in [2.75, 3.05) is 27.2 Å². The first-order valence-corrected chi connectivity index (χ1v) is 8.71. The lowest BCUT2D eigenvalue weighted by atomic mass is 10.0. The van der Waals surface area contributed by atoms with E-state index in [-0.39, 0.29) is 0 Å². The molecule has 1 aromatic carbocycles. The number of methoxy groups -OCH3 is 1. The number of hydrogen-bond donors (Lipinski definition) is 2. The fourth-order valence-electron chi connectivity index (χ4n) is 3.12. The fourth-order valence-corrected chi connectivity index (χ4v) is 3.12. The molecule has 1 aliphatic heterocycles. The second-order valence-corrected chi connectivity index (χ2v) is 6.43. The molecule has 1 fully saturated rings. The van der Waals surface area contributed by atoms with Gasteiger partial charge in [0, 0.05) is 25.7 Å². The number of likely N-dealkylation sites (tertiary alicyclic amines) is 1. The van der Waals surface area contributed by atoms with E-state index in [9.17, 15) is 0 Å². The van der Waals surface area contributed by atoms with Crippen LogP contribution in [0.1, 0.15) is 25.6 Å². The van der Waals surface area contributed by atoms with Crippen LogP contribution in [-0.2, 0) is 6.54 Å². The van der Waals surface area contributed by atoms with E-state index in [1.807, 2.05) is 31.3 Å². The van der Waals surface area contributed by atoms with Crippen molar-refractivity contribution in [2.24, 2.45) is 10.9 Å². The molecule has 1 saturated heterocycles. The summed E-state index contributed by atoms with van der Waals surface area (Å²) in [7, 11) is 3.48. The van der Waals surface area contributed by atoms with Gasteiger partial charge in [-0.3, -0.25) is 10.1 Å². The zero-order valence-electron chi connectivity index (χ0n) is 15.1. The molecule has 1 aliphatic rings. The summed E-state index contributed by atoms with van der Waals surface area (Å²) < 4.78 is 5.18. The minimum Gasteiger partial charge on any atom is -0.497 e. The SMILES string of the molecule is CN=C(NCc1nc(-c2ccc(OC)cc2)n[nH]1)N1CCCC(C)C1. The number of aromatic amines is 1. The van der Waals surface area contributed by atoms with Gasteiger partial charge in [-0.15, -0.1) is 0 Å². The topological polar surface area (TPSA) is 78.4 Å². The van der Waals surface area contributed by atoms with Gasteiger partial charge in [-0.25, -0.2) is 4.98 Å². The van der Waals surface area contributed by atoms with Gasteiger partial charge in [-0.05, 0) is 43.0 Å². The van der Waals surface area contributed by atoms with Gasteiger partial charge in [0.25, 0.3) is 0 Å². The van der Waals surface area contributed by atoms with Crippen molar-refractivity contribution >= 4 is 5.96 Å². The van der Waals surface area contributed by atoms with Crippen LogP contribution in [0.2, 0.25) is 0 Å². The highest BCUT2D eigenvalue weighted by Gasteiger charge is 2.19. The number of nitrogens with zero attached hydrogens (tertiary/aromatic N) is 4. The number of aliphatic imine (C=N–C) groups is 1. The lowest BCUT2D eigenvalue weighted by molar-refractivity contribution is 0.266. The van der Waals surface area contributed by atoms with Gasteiger partial charge in [0.1, 0.15) is 11.6 Å². The predicted octanol–water partition coefficient (Wildman–Crippen LogP) is 2.29. The first kappa shape index (κ1) is 17.3. The number of piperidine rings is 1. The van der Waals surface area contributed by atoms with Crippen LogP contribution in [0.3, 0.4) is 0 Å². The summed E-state index contributed by atoms with van der Waals surface area (Å²) in [5.41, 5.74) is 0.956. The summed E-state index contributed by atoms with van der Waals surface area (Å²) in [6.45, 7) is 4.96. The molecule has 0 saturated carbocycles. The third-order valence-electron chi connectivity index (χ3n) is 4.46. The summed E-state index contributed by atoms with van der Waals surface area (Å²) in [5.74, 6) is 3.92. The summed E-state index contributed by atoms with van der Waals surface area (Å²) in [6, 6.07) is 7.71. The van der Waals surface area contributed by atoms with Gasteiger partial charge in [0.2, 0.25) is 0 Å². The highest BCUT2D eigenvalue weighted by atomic mass is 16.5. The summed E-state index contributed by atoms with van der Waals surface area (Å²) in [6.07, 6.45) is 2.51. The Kier molecular flexibility index (Phi) is 5.53. The monoisotopic (exact) mass is 342 g/mol. The Morgan fingerprint density at radius 3 is 2.88 bits per heavy atom. The Labute approximate surface area is 148 Å². The quantitative estimate of drug-likeness (QED) is 0.658. The molecule has 7 heteroatoms. The third-order valence-corrected chi connectivity index (χ3v) is 4.46. The van der Waals surface area contributed by atoms with Crippen LogP contribution in [-0.4, -0.2) is 53.3 Å². The van der Waals surface area contributed by atoms with Crippen LogP contribution in [0.15, 0.2) is 29.3 Å². The van der Waals surface area contributed by atoms with E-state index in [2.05, 4.69) is 37.3 Å². The lowest BCUT2D eigenvalue weighted by Gasteiger charge is -2.33. The minimum atomic E-state index is 0.570. The molecule has 0 spiro atoms. The number of ether oxygens (including phenoxy) is 1. The van der Waals surface area contributed by atoms with Crippen molar-refractivity contribution in [1.29, 1.82) is 0 Å². The van der Waals surface area contributed by atoms with Crippen LogP contribution in [0, 0.1) is 5.92 Å². The van der Waals surface area contributed by atoms with E-state index in [4.69, 9.17) is 4.74 Å². The maximum atomic E-state index is 5.18. The normalized spacial score (nSPS) is 18.3. The number of guanidine groups is 1. The van der Waals surface area contributed by atoms with Gasteiger partial charge < -0.3 is 15.0 Å². The van der Waals surface area contributed by atoms with E-state index >= 15 is 0 Å². The largest absolute Gasteiger partial charge is 0.497 e. The van der Waals surface area contributed by atoms with Gasteiger partial charge in [-0.1, -0.05) is 6.92 Å². The second kappa shape index (κ2) is 8.00. The van der Waals surface area contributed by atoms with E-state index in [0.717, 1.165) is 36.2 Å². The number of benzene rings is 1. The van der Waals surface area contributed by atoms with Crippen LogP contribution >= 0.6 is 0 Å². The predicted molar refractivity (Wildman–Crippen MR) is 98.5 cm³/mol. The summed E-state index contributed by atoms with van der Waals surface area (Å²) >= 11 is 0. The van der Waals surface area contributed by atoms with E-state index in [1.165, 1.54) is 12.8 Å². The first-order chi connectivity index (χ1) is 12.2. The van der Waals surface area contributed by atoms with E-state index in [1.54, 1.807) is 7.11 Å². The number of hydrogen-bond acceptors (Lipinski definition) is 4. The Morgan fingerprint density at radius 2 is 2.20 bits per heavy atom. The smallest absolute Gasteiger partial charge is 0.194 e. The first-order valence-electron chi connectivity index (χ1n) is 8.71. The standard InChI is InChI=1S/C18H26N6O/c1-13-5-4-10-24(12-13)18(19-2)20-11-16-21-17(23-22-16)14-6-8-15(25-3)9-7-14/h6-9,13H,4-5,10-12H2,1-3H3,(H,19,20)(H,21,22,23). The zero-order valence-corrected chi connectivity index (χ0v) is 15.1. The molecule has 1 unspecified atom stereocenters. The van der Waals surface area contributed by atoms with Crippen molar-refractivity contribution in [2.45, 2.75) is 26.3 Å². The molecule has 2 heterocycles. The molecular formula is C18H26N6O. The molecule has 1 aromatic heterocycles. The van der Waals surface area contributed by atoms with Crippen LogP contribution in [0.4, 0.5) is 0 Å².